The number of benzene rings is 1. The zero-order valence-electron chi connectivity index (χ0n) is 11.7. The average Bonchev–Trinajstić information content (AvgIpc) is 2.84. The molecular weight excluding hydrogens is 240 g/mol. The molecule has 0 aliphatic rings. The maximum Gasteiger partial charge on any atom is 0.240 e. The van der Waals surface area contributed by atoms with E-state index < -0.39 is 0 Å². The number of anilines is 1. The zero-order chi connectivity index (χ0) is 13.8. The highest BCUT2D eigenvalue weighted by Crippen LogP contribution is 2.22. The number of nitrogens with two attached hydrogens (primary N) is 1. The average molecular weight is 260 g/mol. The molecule has 5 heteroatoms. The smallest absolute Gasteiger partial charge is 0.240 e. The first kappa shape index (κ1) is 13.5. The van der Waals surface area contributed by atoms with E-state index in [4.69, 9.17) is 10.3 Å². The van der Waals surface area contributed by atoms with Crippen LogP contribution in [0.4, 0.5) is 5.69 Å². The van der Waals surface area contributed by atoms with Gasteiger partial charge in [-0.25, -0.2) is 0 Å². The molecular formula is C14H20N4O. The molecule has 0 unspecified atom stereocenters. The monoisotopic (exact) mass is 260 g/mol. The molecule has 102 valence electrons. The zero-order valence-corrected chi connectivity index (χ0v) is 11.7. The Kier molecular flexibility index (Phi) is 4.16. The topological polar surface area (TPSA) is 68.2 Å². The van der Waals surface area contributed by atoms with Gasteiger partial charge in [0.05, 0.1) is 13.1 Å². The Morgan fingerprint density at radius 3 is 2.68 bits per heavy atom. The molecule has 2 rings (SSSR count). The van der Waals surface area contributed by atoms with Gasteiger partial charge in [-0.15, -0.1) is 0 Å². The van der Waals surface area contributed by atoms with E-state index in [0.717, 1.165) is 6.54 Å². The van der Waals surface area contributed by atoms with Gasteiger partial charge in [0.15, 0.2) is 5.82 Å². The minimum absolute atomic E-state index is 0.280. The molecule has 0 spiro atoms. The van der Waals surface area contributed by atoms with Crippen LogP contribution in [0, 0.1) is 13.8 Å². The lowest BCUT2D eigenvalue weighted by molar-refractivity contribution is 0.374. The van der Waals surface area contributed by atoms with Crippen LogP contribution in [0.1, 0.15) is 29.8 Å². The molecule has 0 amide bonds. The Balaban J connectivity index is 2.19. The Labute approximate surface area is 113 Å². The minimum Gasteiger partial charge on any atom is -0.364 e. The highest BCUT2D eigenvalue weighted by atomic mass is 16.5. The third-order valence-corrected chi connectivity index (χ3v) is 3.09. The second-order valence-corrected chi connectivity index (χ2v) is 4.61. The second-order valence-electron chi connectivity index (χ2n) is 4.61. The number of aromatic nitrogens is 2. The molecule has 0 saturated carbocycles. The van der Waals surface area contributed by atoms with E-state index in [0.29, 0.717) is 18.3 Å². The lowest BCUT2D eigenvalue weighted by Crippen LogP contribution is -2.23. The van der Waals surface area contributed by atoms with Gasteiger partial charge >= 0.3 is 0 Å². The Bertz CT molecular complexity index is 550. The molecule has 1 heterocycles. The first-order chi connectivity index (χ1) is 9.13. The van der Waals surface area contributed by atoms with Crippen molar-refractivity contribution in [2.75, 3.05) is 11.4 Å². The molecule has 0 fully saturated rings. The van der Waals surface area contributed by atoms with E-state index in [2.05, 4.69) is 54.0 Å². The SMILES string of the molecule is CCN(Cc1noc(CN)n1)c1ccc(C)cc1C. The summed E-state index contributed by atoms with van der Waals surface area (Å²) in [6.07, 6.45) is 0. The summed E-state index contributed by atoms with van der Waals surface area (Å²) >= 11 is 0. The van der Waals surface area contributed by atoms with Gasteiger partial charge in [-0.2, -0.15) is 4.98 Å². The Morgan fingerprint density at radius 2 is 2.11 bits per heavy atom. The van der Waals surface area contributed by atoms with E-state index in [1.165, 1.54) is 16.8 Å². The highest BCUT2D eigenvalue weighted by Gasteiger charge is 2.12. The van der Waals surface area contributed by atoms with Crippen molar-refractivity contribution in [1.82, 2.24) is 10.1 Å². The maximum absolute atomic E-state index is 5.47. The number of hydrogen-bond acceptors (Lipinski definition) is 5. The molecule has 19 heavy (non-hydrogen) atoms. The molecule has 0 bridgehead atoms. The van der Waals surface area contributed by atoms with Gasteiger partial charge in [0.25, 0.3) is 0 Å². The van der Waals surface area contributed by atoms with Crippen LogP contribution < -0.4 is 10.6 Å². The third kappa shape index (κ3) is 3.12. The molecule has 1 aromatic carbocycles. The highest BCUT2D eigenvalue weighted by molar-refractivity contribution is 5.54. The number of hydrogen-bond donors (Lipinski definition) is 1. The normalized spacial score (nSPS) is 10.7. The van der Waals surface area contributed by atoms with Crippen molar-refractivity contribution in [2.45, 2.75) is 33.9 Å². The van der Waals surface area contributed by atoms with Crippen LogP contribution in [-0.2, 0) is 13.1 Å². The van der Waals surface area contributed by atoms with Gasteiger partial charge < -0.3 is 15.2 Å². The van der Waals surface area contributed by atoms with Gasteiger partial charge in [-0.3, -0.25) is 0 Å². The van der Waals surface area contributed by atoms with Crippen molar-refractivity contribution in [2.24, 2.45) is 5.73 Å². The van der Waals surface area contributed by atoms with Crippen LogP contribution >= 0.6 is 0 Å². The summed E-state index contributed by atoms with van der Waals surface area (Å²) in [5, 5.41) is 3.94. The van der Waals surface area contributed by atoms with Crippen molar-refractivity contribution in [1.29, 1.82) is 0 Å². The van der Waals surface area contributed by atoms with Crippen LogP contribution in [0.25, 0.3) is 0 Å². The van der Waals surface area contributed by atoms with Crippen molar-refractivity contribution in [3.05, 3.63) is 41.0 Å². The van der Waals surface area contributed by atoms with Crippen LogP contribution in [0.2, 0.25) is 0 Å². The van der Waals surface area contributed by atoms with E-state index in [-0.39, 0.29) is 6.54 Å². The maximum atomic E-state index is 5.47. The summed E-state index contributed by atoms with van der Waals surface area (Å²) in [4.78, 5) is 6.47. The Morgan fingerprint density at radius 1 is 1.32 bits per heavy atom. The van der Waals surface area contributed by atoms with Crippen molar-refractivity contribution in [3.8, 4) is 0 Å². The standard InChI is InChI=1S/C14H20N4O/c1-4-18(9-13-16-14(8-15)19-17-13)12-6-5-10(2)7-11(12)3/h5-7H,4,8-9,15H2,1-3H3. The molecule has 0 saturated heterocycles. The summed E-state index contributed by atoms with van der Waals surface area (Å²) in [6, 6.07) is 6.43. The summed E-state index contributed by atoms with van der Waals surface area (Å²) in [5.74, 6) is 1.15. The summed E-state index contributed by atoms with van der Waals surface area (Å²) in [7, 11) is 0. The van der Waals surface area contributed by atoms with Gasteiger partial charge in [0.2, 0.25) is 5.89 Å². The summed E-state index contributed by atoms with van der Waals surface area (Å²) < 4.78 is 5.03. The quantitative estimate of drug-likeness (QED) is 0.892. The van der Waals surface area contributed by atoms with E-state index in [1.54, 1.807) is 0 Å². The van der Waals surface area contributed by atoms with Gasteiger partial charge in [0, 0.05) is 12.2 Å². The van der Waals surface area contributed by atoms with Crippen LogP contribution in [0.3, 0.4) is 0 Å². The Hall–Kier alpha value is -1.88. The fraction of sp³-hybridized carbons (Fsp3) is 0.429. The van der Waals surface area contributed by atoms with Gasteiger partial charge in [-0.1, -0.05) is 22.9 Å². The van der Waals surface area contributed by atoms with E-state index in [9.17, 15) is 0 Å². The number of nitrogens with zero attached hydrogens (tertiary/aromatic N) is 3. The van der Waals surface area contributed by atoms with Crippen LogP contribution in [-0.4, -0.2) is 16.7 Å². The fourth-order valence-electron chi connectivity index (χ4n) is 2.14. The van der Waals surface area contributed by atoms with Crippen LogP contribution in [0.15, 0.2) is 22.7 Å². The minimum atomic E-state index is 0.280. The van der Waals surface area contributed by atoms with Crippen molar-refractivity contribution < 1.29 is 4.52 Å². The first-order valence-corrected chi connectivity index (χ1v) is 6.47. The van der Waals surface area contributed by atoms with Crippen molar-refractivity contribution >= 4 is 5.69 Å². The second kappa shape index (κ2) is 5.84. The molecule has 0 aliphatic carbocycles. The molecule has 0 atom stereocenters. The number of rotatable bonds is 5. The van der Waals surface area contributed by atoms with Crippen LogP contribution in [0.5, 0.6) is 0 Å². The molecule has 1 aromatic heterocycles. The van der Waals surface area contributed by atoms with Crippen molar-refractivity contribution in [3.63, 3.8) is 0 Å². The molecule has 2 N–H and O–H groups in total. The lowest BCUT2D eigenvalue weighted by atomic mass is 10.1. The summed E-state index contributed by atoms with van der Waals surface area (Å²) in [5.41, 5.74) is 9.19. The predicted molar refractivity (Wildman–Crippen MR) is 74.8 cm³/mol. The summed E-state index contributed by atoms with van der Waals surface area (Å²) in [6.45, 7) is 8.12. The molecule has 0 aliphatic heterocycles. The number of aryl methyl sites for hydroxylation is 2. The molecule has 2 aromatic rings. The first-order valence-electron chi connectivity index (χ1n) is 6.47. The molecule has 0 radical (unpaired) electrons. The van der Waals surface area contributed by atoms with E-state index >= 15 is 0 Å². The fourth-order valence-corrected chi connectivity index (χ4v) is 2.14. The van der Waals surface area contributed by atoms with Gasteiger partial charge in [0.1, 0.15) is 0 Å². The lowest BCUT2D eigenvalue weighted by Gasteiger charge is -2.23. The largest absolute Gasteiger partial charge is 0.364 e. The van der Waals surface area contributed by atoms with Gasteiger partial charge in [-0.05, 0) is 32.4 Å². The van der Waals surface area contributed by atoms with E-state index in [1.807, 2.05) is 0 Å². The predicted octanol–water partition coefficient (Wildman–Crippen LogP) is 2.17. The molecule has 5 nitrogen and oxygen atoms in total. The third-order valence-electron chi connectivity index (χ3n) is 3.09.